The van der Waals surface area contributed by atoms with Gasteiger partial charge in [0.1, 0.15) is 0 Å². The molecule has 1 fully saturated rings. The molecule has 2 rings (SSSR count). The van der Waals surface area contributed by atoms with E-state index in [4.69, 9.17) is 17.3 Å². The molecule has 1 saturated heterocycles. The second-order valence-corrected chi connectivity index (χ2v) is 5.55. The van der Waals surface area contributed by atoms with Crippen LogP contribution in [0.25, 0.3) is 0 Å². The predicted molar refractivity (Wildman–Crippen MR) is 73.5 cm³/mol. The summed E-state index contributed by atoms with van der Waals surface area (Å²) in [5, 5.41) is 0.572. The van der Waals surface area contributed by atoms with Gasteiger partial charge >= 0.3 is 0 Å². The smallest absolute Gasteiger partial charge is 0.227 e. The highest BCUT2D eigenvalue weighted by Gasteiger charge is 2.34. The van der Waals surface area contributed by atoms with E-state index in [-0.39, 0.29) is 12.3 Å². The van der Waals surface area contributed by atoms with Crippen molar-refractivity contribution in [2.75, 3.05) is 11.4 Å². The van der Waals surface area contributed by atoms with E-state index in [0.29, 0.717) is 11.6 Å². The molecule has 2 N–H and O–H groups in total. The summed E-state index contributed by atoms with van der Waals surface area (Å²) in [6.45, 7) is 2.17. The van der Waals surface area contributed by atoms with Crippen molar-refractivity contribution in [1.82, 2.24) is 0 Å². The van der Waals surface area contributed by atoms with Crippen LogP contribution in [-0.2, 0) is 9.59 Å². The van der Waals surface area contributed by atoms with Crippen molar-refractivity contribution in [3.8, 4) is 0 Å². The third-order valence-electron chi connectivity index (χ3n) is 3.13. The predicted octanol–water partition coefficient (Wildman–Crippen LogP) is 2.25. The number of hydrogen-bond acceptors (Lipinski definition) is 2. The first-order valence-electron chi connectivity index (χ1n) is 5.46. The maximum absolute atomic E-state index is 11.9. The zero-order chi connectivity index (χ0) is 13.4. The molecule has 0 radical (unpaired) electrons. The van der Waals surface area contributed by atoms with Crippen LogP contribution >= 0.6 is 27.5 Å². The lowest BCUT2D eigenvalue weighted by Gasteiger charge is -2.20. The average Bonchev–Trinajstić information content (AvgIpc) is 2.69. The lowest BCUT2D eigenvalue weighted by Crippen LogP contribution is -2.28. The van der Waals surface area contributed by atoms with Gasteiger partial charge in [0.25, 0.3) is 0 Å². The average molecular weight is 332 g/mol. The van der Waals surface area contributed by atoms with Gasteiger partial charge < -0.3 is 10.6 Å². The number of anilines is 1. The summed E-state index contributed by atoms with van der Waals surface area (Å²) < 4.78 is 0.781. The third-order valence-corrected chi connectivity index (χ3v) is 4.51. The number of carbonyl (C=O) groups is 2. The first-order chi connectivity index (χ1) is 8.41. The van der Waals surface area contributed by atoms with Crippen molar-refractivity contribution in [3.05, 3.63) is 27.2 Å². The van der Waals surface area contributed by atoms with Crippen LogP contribution < -0.4 is 10.6 Å². The van der Waals surface area contributed by atoms with Gasteiger partial charge in [0.2, 0.25) is 11.8 Å². The largest absolute Gasteiger partial charge is 0.369 e. The molecule has 0 spiro atoms. The maximum Gasteiger partial charge on any atom is 0.227 e. The molecule has 18 heavy (non-hydrogen) atoms. The van der Waals surface area contributed by atoms with Crippen LogP contribution in [0.4, 0.5) is 5.69 Å². The summed E-state index contributed by atoms with van der Waals surface area (Å²) in [6, 6.07) is 3.60. The van der Waals surface area contributed by atoms with Crippen LogP contribution in [0.2, 0.25) is 5.02 Å². The lowest BCUT2D eigenvalue weighted by molar-refractivity contribution is -0.123. The number of carbonyl (C=O) groups excluding carboxylic acids is 2. The SMILES string of the molecule is Cc1c(N2CC(C(N)=O)CC2=O)ccc(Br)c1Cl. The van der Waals surface area contributed by atoms with Gasteiger partial charge in [-0.3, -0.25) is 9.59 Å². The van der Waals surface area contributed by atoms with Crippen LogP contribution in [0, 0.1) is 12.8 Å². The first kappa shape index (κ1) is 13.4. The van der Waals surface area contributed by atoms with Crippen LogP contribution in [0.15, 0.2) is 16.6 Å². The molecule has 1 heterocycles. The number of nitrogens with two attached hydrogens (primary N) is 1. The third kappa shape index (κ3) is 2.24. The molecule has 6 heteroatoms. The molecule has 0 aliphatic carbocycles. The topological polar surface area (TPSA) is 63.4 Å². The Kier molecular flexibility index (Phi) is 3.64. The Morgan fingerprint density at radius 1 is 1.56 bits per heavy atom. The minimum absolute atomic E-state index is 0.0970. The van der Waals surface area contributed by atoms with E-state index in [0.717, 1.165) is 15.7 Å². The van der Waals surface area contributed by atoms with Crippen molar-refractivity contribution in [2.24, 2.45) is 11.7 Å². The van der Waals surface area contributed by atoms with Gasteiger partial charge in [0, 0.05) is 23.1 Å². The van der Waals surface area contributed by atoms with Crippen LogP contribution in [0.5, 0.6) is 0 Å². The molecule has 1 aliphatic rings. The highest BCUT2D eigenvalue weighted by Crippen LogP contribution is 2.35. The van der Waals surface area contributed by atoms with Gasteiger partial charge in [-0.15, -0.1) is 0 Å². The molecule has 0 aromatic heterocycles. The van der Waals surface area contributed by atoms with Crippen LogP contribution in [-0.4, -0.2) is 18.4 Å². The molecule has 0 bridgehead atoms. The summed E-state index contributed by atoms with van der Waals surface area (Å²) in [7, 11) is 0. The minimum atomic E-state index is -0.438. The summed E-state index contributed by atoms with van der Waals surface area (Å²) in [5.74, 6) is -0.952. The van der Waals surface area contributed by atoms with Gasteiger partial charge in [0.05, 0.1) is 10.9 Å². The van der Waals surface area contributed by atoms with E-state index < -0.39 is 11.8 Å². The number of hydrogen-bond donors (Lipinski definition) is 1. The summed E-state index contributed by atoms with van der Waals surface area (Å²) in [6.07, 6.45) is 0.169. The normalized spacial score (nSPS) is 19.4. The van der Waals surface area contributed by atoms with Crippen molar-refractivity contribution in [3.63, 3.8) is 0 Å². The molecular formula is C12H12BrClN2O2. The molecular weight excluding hydrogens is 320 g/mol. The van der Waals surface area contributed by atoms with E-state index in [1.165, 1.54) is 0 Å². The molecule has 1 aliphatic heterocycles. The first-order valence-corrected chi connectivity index (χ1v) is 6.63. The van der Waals surface area contributed by atoms with Crippen molar-refractivity contribution in [1.29, 1.82) is 0 Å². The number of nitrogens with zero attached hydrogens (tertiary/aromatic N) is 1. The number of benzene rings is 1. The number of amides is 2. The Hall–Kier alpha value is -1.07. The molecule has 1 atom stereocenters. The molecule has 1 aromatic carbocycles. The standard InChI is InChI=1S/C12H12BrClN2O2/c1-6-9(3-2-8(13)11(6)14)16-5-7(12(15)18)4-10(16)17/h2-3,7H,4-5H2,1H3,(H2,15,18). The lowest BCUT2D eigenvalue weighted by atomic mass is 10.1. The van der Waals surface area contributed by atoms with E-state index in [2.05, 4.69) is 15.9 Å². The van der Waals surface area contributed by atoms with E-state index in [1.54, 1.807) is 11.0 Å². The van der Waals surface area contributed by atoms with Crippen molar-refractivity contribution in [2.45, 2.75) is 13.3 Å². The van der Waals surface area contributed by atoms with E-state index >= 15 is 0 Å². The van der Waals surface area contributed by atoms with Crippen LogP contribution in [0.1, 0.15) is 12.0 Å². The fraction of sp³-hybridized carbons (Fsp3) is 0.333. The quantitative estimate of drug-likeness (QED) is 0.903. The Morgan fingerprint density at radius 2 is 2.22 bits per heavy atom. The fourth-order valence-corrected chi connectivity index (χ4v) is 2.65. The number of primary amides is 1. The summed E-state index contributed by atoms with van der Waals surface area (Å²) in [5.41, 5.74) is 6.78. The minimum Gasteiger partial charge on any atom is -0.369 e. The highest BCUT2D eigenvalue weighted by atomic mass is 79.9. The number of rotatable bonds is 2. The number of halogens is 2. The Morgan fingerprint density at radius 3 is 2.78 bits per heavy atom. The molecule has 0 saturated carbocycles. The fourth-order valence-electron chi connectivity index (χ4n) is 2.07. The Labute approximate surface area is 118 Å². The Balaban J connectivity index is 2.36. The van der Waals surface area contributed by atoms with Crippen molar-refractivity contribution < 1.29 is 9.59 Å². The summed E-state index contributed by atoms with van der Waals surface area (Å²) >= 11 is 9.46. The highest BCUT2D eigenvalue weighted by molar-refractivity contribution is 9.10. The summed E-state index contributed by atoms with van der Waals surface area (Å²) in [4.78, 5) is 24.6. The van der Waals surface area contributed by atoms with Gasteiger partial charge in [0.15, 0.2) is 0 Å². The maximum atomic E-state index is 11.9. The zero-order valence-corrected chi connectivity index (χ0v) is 12.1. The molecule has 2 amide bonds. The Bertz CT molecular complexity index is 533. The zero-order valence-electron chi connectivity index (χ0n) is 9.74. The van der Waals surface area contributed by atoms with Crippen molar-refractivity contribution >= 4 is 45.0 Å². The van der Waals surface area contributed by atoms with Gasteiger partial charge in [-0.2, -0.15) is 0 Å². The van der Waals surface area contributed by atoms with Crippen LogP contribution in [0.3, 0.4) is 0 Å². The van der Waals surface area contributed by atoms with Gasteiger partial charge in [-0.25, -0.2) is 0 Å². The molecule has 1 aromatic rings. The van der Waals surface area contributed by atoms with Gasteiger partial charge in [-0.1, -0.05) is 11.6 Å². The second kappa shape index (κ2) is 4.90. The molecule has 4 nitrogen and oxygen atoms in total. The second-order valence-electron chi connectivity index (χ2n) is 4.31. The van der Waals surface area contributed by atoms with E-state index in [1.807, 2.05) is 13.0 Å². The molecule has 1 unspecified atom stereocenters. The van der Waals surface area contributed by atoms with E-state index in [9.17, 15) is 9.59 Å². The van der Waals surface area contributed by atoms with Gasteiger partial charge in [-0.05, 0) is 40.5 Å². The molecule has 96 valence electrons. The monoisotopic (exact) mass is 330 g/mol.